The number of fused-ring (bicyclic) bond motifs is 1. The van der Waals surface area contributed by atoms with Crippen molar-refractivity contribution in [2.75, 3.05) is 7.11 Å². The average molecular weight is 585 g/mol. The molecule has 1 heterocycles. The molecule has 0 amide bonds. The van der Waals surface area contributed by atoms with Crippen LogP contribution in [0, 0.1) is 6.92 Å². The first-order chi connectivity index (χ1) is 16.2. The van der Waals surface area contributed by atoms with E-state index in [1.54, 1.807) is 31.5 Å². The molecule has 0 aliphatic carbocycles. The van der Waals surface area contributed by atoms with Gasteiger partial charge in [0, 0.05) is 5.56 Å². The smallest absolute Gasteiger partial charge is 0.282 e. The number of rotatable bonds is 5. The number of halogens is 2. The number of phenols is 1. The summed E-state index contributed by atoms with van der Waals surface area (Å²) in [5.41, 5.74) is 3.77. The van der Waals surface area contributed by atoms with Crippen molar-refractivity contribution in [2.24, 2.45) is 5.10 Å². The van der Waals surface area contributed by atoms with Gasteiger partial charge in [0.15, 0.2) is 5.82 Å². The van der Waals surface area contributed by atoms with Crippen LogP contribution in [0.25, 0.3) is 22.3 Å². The van der Waals surface area contributed by atoms with E-state index in [2.05, 4.69) is 50.8 Å². The van der Waals surface area contributed by atoms with Crippen molar-refractivity contribution in [1.29, 1.82) is 0 Å². The van der Waals surface area contributed by atoms with Gasteiger partial charge < -0.3 is 9.84 Å². The highest BCUT2D eigenvalue weighted by molar-refractivity contribution is 9.11. The van der Waals surface area contributed by atoms with Crippen molar-refractivity contribution >= 4 is 49.0 Å². The van der Waals surface area contributed by atoms with Crippen LogP contribution in [-0.4, -0.2) is 28.1 Å². The summed E-state index contributed by atoms with van der Waals surface area (Å²) < 4.78 is 7.95. The van der Waals surface area contributed by atoms with E-state index in [1.807, 2.05) is 37.3 Å². The number of benzene rings is 3. The molecule has 4 aromatic rings. The molecule has 0 unspecified atom stereocenters. The minimum atomic E-state index is -0.268. The van der Waals surface area contributed by atoms with Crippen molar-refractivity contribution in [1.82, 2.24) is 9.66 Å². The molecule has 34 heavy (non-hydrogen) atoms. The van der Waals surface area contributed by atoms with E-state index >= 15 is 0 Å². The molecule has 4 rings (SSSR count). The van der Waals surface area contributed by atoms with Gasteiger partial charge in [-0.1, -0.05) is 26.0 Å². The lowest BCUT2D eigenvalue weighted by molar-refractivity contribution is 0.407. The Hall–Kier alpha value is -2.97. The van der Waals surface area contributed by atoms with Gasteiger partial charge in [-0.2, -0.15) is 9.78 Å². The van der Waals surface area contributed by atoms with Crippen molar-refractivity contribution < 1.29 is 9.84 Å². The molecule has 0 radical (unpaired) electrons. The Bertz CT molecular complexity index is 1470. The molecular weight excluding hydrogens is 562 g/mol. The minimum Gasteiger partial charge on any atom is -0.506 e. The Morgan fingerprint density at radius 3 is 2.44 bits per heavy atom. The van der Waals surface area contributed by atoms with Crippen LogP contribution in [0.5, 0.6) is 11.5 Å². The number of aryl methyl sites for hydroxylation is 1. The number of aromatic hydroxyl groups is 1. The highest BCUT2D eigenvalue weighted by Gasteiger charge is 2.18. The highest BCUT2D eigenvalue weighted by Crippen LogP contribution is 2.35. The van der Waals surface area contributed by atoms with Gasteiger partial charge in [0.25, 0.3) is 5.56 Å². The predicted octanol–water partition coefficient (Wildman–Crippen LogP) is 6.62. The second-order valence-corrected chi connectivity index (χ2v) is 9.92. The average Bonchev–Trinajstić information content (AvgIpc) is 2.81. The van der Waals surface area contributed by atoms with Crippen molar-refractivity contribution in [3.63, 3.8) is 0 Å². The van der Waals surface area contributed by atoms with Gasteiger partial charge in [-0.25, -0.2) is 4.98 Å². The van der Waals surface area contributed by atoms with Gasteiger partial charge in [-0.15, -0.1) is 0 Å². The molecular formula is C26H23Br2N3O3. The molecule has 8 heteroatoms. The monoisotopic (exact) mass is 583 g/mol. The molecule has 174 valence electrons. The van der Waals surface area contributed by atoms with E-state index in [-0.39, 0.29) is 17.2 Å². The van der Waals surface area contributed by atoms with Gasteiger partial charge in [0.2, 0.25) is 0 Å². The molecule has 1 N–H and O–H groups in total. The fraction of sp³-hybridized carbons (Fsp3) is 0.192. The Kier molecular flexibility index (Phi) is 6.91. The molecule has 0 atom stereocenters. The molecule has 0 aliphatic rings. The van der Waals surface area contributed by atoms with Crippen LogP contribution in [0.2, 0.25) is 0 Å². The Labute approximate surface area is 214 Å². The van der Waals surface area contributed by atoms with Crippen LogP contribution in [-0.2, 0) is 0 Å². The fourth-order valence-corrected chi connectivity index (χ4v) is 4.98. The zero-order valence-corrected chi connectivity index (χ0v) is 22.3. The molecule has 0 fully saturated rings. The molecule has 6 nitrogen and oxygen atoms in total. The first kappa shape index (κ1) is 24.2. The molecule has 1 aromatic heterocycles. The van der Waals surface area contributed by atoms with E-state index in [0.29, 0.717) is 31.2 Å². The van der Waals surface area contributed by atoms with Gasteiger partial charge >= 0.3 is 0 Å². The summed E-state index contributed by atoms with van der Waals surface area (Å²) in [6.07, 6.45) is 1.57. The van der Waals surface area contributed by atoms with Crippen LogP contribution in [0.1, 0.15) is 36.5 Å². The number of ether oxygens (including phenoxy) is 1. The van der Waals surface area contributed by atoms with Crippen LogP contribution in [0.3, 0.4) is 0 Å². The number of methoxy groups -OCH3 is 1. The second-order valence-electron chi connectivity index (χ2n) is 8.21. The van der Waals surface area contributed by atoms with Gasteiger partial charge in [-0.05, 0) is 97.8 Å². The number of phenolic OH excluding ortho intramolecular Hbond substituents is 1. The maximum atomic E-state index is 13.5. The molecule has 0 aliphatic heterocycles. The van der Waals surface area contributed by atoms with Crippen LogP contribution < -0.4 is 10.3 Å². The highest BCUT2D eigenvalue weighted by atomic mass is 79.9. The Morgan fingerprint density at radius 1 is 1.12 bits per heavy atom. The molecule has 0 bridgehead atoms. The number of para-hydroxylation sites is 1. The Morgan fingerprint density at radius 2 is 1.79 bits per heavy atom. The number of aromatic nitrogens is 2. The van der Waals surface area contributed by atoms with E-state index in [9.17, 15) is 9.90 Å². The summed E-state index contributed by atoms with van der Waals surface area (Å²) in [5.74, 6) is 1.55. The van der Waals surface area contributed by atoms with Crippen LogP contribution >= 0.6 is 31.9 Å². The van der Waals surface area contributed by atoms with Crippen molar-refractivity contribution in [3.8, 4) is 22.9 Å². The molecule has 0 saturated carbocycles. The summed E-state index contributed by atoms with van der Waals surface area (Å²) in [7, 11) is 1.66. The van der Waals surface area contributed by atoms with E-state index in [0.717, 1.165) is 22.4 Å². The van der Waals surface area contributed by atoms with Gasteiger partial charge in [-0.3, -0.25) is 4.79 Å². The lowest BCUT2D eigenvalue weighted by Crippen LogP contribution is -2.20. The molecule has 0 spiro atoms. The SMILES string of the molecule is COc1cc(C)c(-c2nc3ccccc3c(=O)n2N=Cc2cc(Br)c(O)c(Br)c2)cc1C(C)C. The maximum absolute atomic E-state index is 13.5. The van der Waals surface area contributed by atoms with E-state index in [4.69, 9.17) is 9.72 Å². The summed E-state index contributed by atoms with van der Waals surface area (Å²) in [6, 6.07) is 14.7. The van der Waals surface area contributed by atoms with Crippen LogP contribution in [0.15, 0.2) is 67.4 Å². The van der Waals surface area contributed by atoms with E-state index < -0.39 is 0 Å². The third kappa shape index (κ3) is 4.52. The number of nitrogens with zero attached hydrogens (tertiary/aromatic N) is 3. The largest absolute Gasteiger partial charge is 0.506 e. The second kappa shape index (κ2) is 9.72. The van der Waals surface area contributed by atoms with Gasteiger partial charge in [0.05, 0.1) is 33.2 Å². The molecule has 0 saturated heterocycles. The maximum Gasteiger partial charge on any atom is 0.282 e. The summed E-state index contributed by atoms with van der Waals surface area (Å²) in [4.78, 5) is 18.3. The summed E-state index contributed by atoms with van der Waals surface area (Å²) in [6.45, 7) is 6.15. The van der Waals surface area contributed by atoms with Crippen molar-refractivity contribution in [2.45, 2.75) is 26.7 Å². The third-order valence-corrected chi connectivity index (χ3v) is 6.76. The quantitative estimate of drug-likeness (QED) is 0.268. The van der Waals surface area contributed by atoms with Crippen molar-refractivity contribution in [3.05, 3.63) is 84.5 Å². The minimum absolute atomic E-state index is 0.0949. The molecule has 3 aromatic carbocycles. The summed E-state index contributed by atoms with van der Waals surface area (Å²) >= 11 is 6.66. The van der Waals surface area contributed by atoms with Gasteiger partial charge in [0.1, 0.15) is 11.5 Å². The summed E-state index contributed by atoms with van der Waals surface area (Å²) in [5, 5.41) is 15.0. The normalized spacial score (nSPS) is 11.6. The first-order valence-corrected chi connectivity index (χ1v) is 12.2. The third-order valence-electron chi connectivity index (χ3n) is 5.55. The predicted molar refractivity (Wildman–Crippen MR) is 143 cm³/mol. The Balaban J connectivity index is 1.99. The van der Waals surface area contributed by atoms with Crippen LogP contribution in [0.4, 0.5) is 0 Å². The first-order valence-electron chi connectivity index (χ1n) is 10.6. The zero-order valence-electron chi connectivity index (χ0n) is 19.1. The topological polar surface area (TPSA) is 76.7 Å². The zero-order chi connectivity index (χ0) is 24.6. The lowest BCUT2D eigenvalue weighted by atomic mass is 9.96. The fourth-order valence-electron chi connectivity index (χ4n) is 3.76. The standard InChI is InChI=1S/C26H23Br2N3O3/c1-14(2)18-12-19(15(3)9-23(18)34-4)25-30-22-8-6-5-7-17(22)26(33)31(25)29-13-16-10-20(27)24(32)21(28)11-16/h5-14,32H,1-4H3. The number of hydrogen-bond donors (Lipinski definition) is 1. The number of hydrogen-bond acceptors (Lipinski definition) is 5. The van der Waals surface area contributed by atoms with E-state index in [1.165, 1.54) is 4.68 Å². The lowest BCUT2D eigenvalue weighted by Gasteiger charge is -2.17.